The first-order valence-electron chi connectivity index (χ1n) is 5.96. The molecule has 1 nitrogen and oxygen atoms in total. The van der Waals surface area contributed by atoms with Crippen LogP contribution in [0.25, 0.3) is 0 Å². The van der Waals surface area contributed by atoms with Gasteiger partial charge in [-0.25, -0.2) is 0 Å². The van der Waals surface area contributed by atoms with Crippen LogP contribution in [0.15, 0.2) is 23.8 Å². The van der Waals surface area contributed by atoms with Crippen LogP contribution in [-0.4, -0.2) is 12.6 Å². The molecule has 1 unspecified atom stereocenters. The molecule has 0 saturated carbocycles. The van der Waals surface area contributed by atoms with Crippen molar-refractivity contribution in [2.75, 3.05) is 6.54 Å². The smallest absolute Gasteiger partial charge is 0.0328 e. The molecule has 15 heavy (non-hydrogen) atoms. The molecule has 88 valence electrons. The van der Waals surface area contributed by atoms with Gasteiger partial charge in [-0.3, -0.25) is 0 Å². The van der Waals surface area contributed by atoms with Crippen molar-refractivity contribution < 1.29 is 0 Å². The number of allylic oxidation sites excluding steroid dienone is 3. The van der Waals surface area contributed by atoms with Crippen molar-refractivity contribution in [3.8, 4) is 0 Å². The highest BCUT2D eigenvalue weighted by Gasteiger charge is 2.24. The van der Waals surface area contributed by atoms with Crippen molar-refractivity contribution in [3.05, 3.63) is 23.8 Å². The summed E-state index contributed by atoms with van der Waals surface area (Å²) in [7, 11) is 0. The molecule has 1 N–H and O–H groups in total. The summed E-state index contributed by atoms with van der Waals surface area (Å²) in [4.78, 5) is 0. The molecule has 0 aliphatic rings. The first-order chi connectivity index (χ1) is 6.93. The minimum atomic E-state index is 0.275. The van der Waals surface area contributed by atoms with Gasteiger partial charge >= 0.3 is 0 Å². The van der Waals surface area contributed by atoms with Crippen LogP contribution < -0.4 is 5.32 Å². The van der Waals surface area contributed by atoms with Crippen molar-refractivity contribution in [1.82, 2.24) is 5.32 Å². The van der Waals surface area contributed by atoms with Gasteiger partial charge in [-0.15, -0.1) is 0 Å². The fourth-order valence-corrected chi connectivity index (χ4v) is 1.78. The Morgan fingerprint density at radius 2 is 1.93 bits per heavy atom. The Labute approximate surface area is 95.7 Å². The summed E-state index contributed by atoms with van der Waals surface area (Å²) in [6.45, 7) is 14.4. The maximum absolute atomic E-state index is 3.62. The van der Waals surface area contributed by atoms with Crippen LogP contribution in [0.2, 0.25) is 0 Å². The summed E-state index contributed by atoms with van der Waals surface area (Å²) in [5.41, 5.74) is 1.69. The third kappa shape index (κ3) is 5.78. The average Bonchev–Trinajstić information content (AvgIpc) is 2.13. The molecule has 0 aromatic carbocycles. The van der Waals surface area contributed by atoms with Gasteiger partial charge in [0.25, 0.3) is 0 Å². The van der Waals surface area contributed by atoms with Crippen LogP contribution in [0.4, 0.5) is 0 Å². The minimum absolute atomic E-state index is 0.275. The number of nitrogens with one attached hydrogen (secondary N) is 1. The molecular weight excluding hydrogens is 182 g/mol. The maximum atomic E-state index is 3.62. The SMILES string of the molecule is C/C=C\C=C(/C)C(NCCC)C(C)(C)C. The van der Waals surface area contributed by atoms with Gasteiger partial charge in [-0.2, -0.15) is 0 Å². The minimum Gasteiger partial charge on any atom is -0.310 e. The Morgan fingerprint density at radius 1 is 1.33 bits per heavy atom. The fraction of sp³-hybridized carbons (Fsp3) is 0.714. The standard InChI is InChI=1S/C14H27N/c1-7-9-10-12(3)13(14(4,5)6)15-11-8-2/h7,9-10,13,15H,8,11H2,1-6H3/b9-7-,12-10+. The molecular formula is C14H27N. The van der Waals surface area contributed by atoms with Gasteiger partial charge in [0.2, 0.25) is 0 Å². The molecule has 0 fully saturated rings. The second-order valence-corrected chi connectivity index (χ2v) is 5.19. The Balaban J connectivity index is 4.62. The summed E-state index contributed by atoms with van der Waals surface area (Å²) in [5.74, 6) is 0. The highest BCUT2D eigenvalue weighted by Crippen LogP contribution is 2.24. The van der Waals surface area contributed by atoms with Crippen LogP contribution in [-0.2, 0) is 0 Å². The predicted octanol–water partition coefficient (Wildman–Crippen LogP) is 3.92. The summed E-state index contributed by atoms with van der Waals surface area (Å²) < 4.78 is 0. The second kappa shape index (κ2) is 6.84. The lowest BCUT2D eigenvalue weighted by atomic mass is 9.82. The zero-order valence-corrected chi connectivity index (χ0v) is 11.2. The van der Waals surface area contributed by atoms with E-state index in [1.165, 1.54) is 12.0 Å². The Hall–Kier alpha value is -0.560. The van der Waals surface area contributed by atoms with Crippen LogP contribution in [0, 0.1) is 5.41 Å². The summed E-state index contributed by atoms with van der Waals surface area (Å²) >= 11 is 0. The van der Waals surface area contributed by atoms with Crippen molar-refractivity contribution in [2.24, 2.45) is 5.41 Å². The molecule has 0 aliphatic heterocycles. The van der Waals surface area contributed by atoms with E-state index in [9.17, 15) is 0 Å². The molecule has 1 heteroatoms. The highest BCUT2D eigenvalue weighted by atomic mass is 14.9. The predicted molar refractivity (Wildman–Crippen MR) is 70.1 cm³/mol. The Kier molecular flexibility index (Phi) is 6.58. The molecule has 0 aromatic heterocycles. The lowest BCUT2D eigenvalue weighted by Gasteiger charge is -2.32. The third-order valence-corrected chi connectivity index (χ3v) is 2.47. The normalized spacial score (nSPS) is 16.0. The quantitative estimate of drug-likeness (QED) is 0.677. The van der Waals surface area contributed by atoms with Crippen molar-refractivity contribution in [2.45, 2.75) is 54.0 Å². The third-order valence-electron chi connectivity index (χ3n) is 2.47. The number of rotatable bonds is 5. The Morgan fingerprint density at radius 3 is 2.33 bits per heavy atom. The van der Waals surface area contributed by atoms with Gasteiger partial charge < -0.3 is 5.32 Å². The van der Waals surface area contributed by atoms with E-state index >= 15 is 0 Å². The molecule has 0 heterocycles. The molecule has 0 aromatic rings. The summed E-state index contributed by atoms with van der Waals surface area (Å²) in [5, 5.41) is 3.62. The van der Waals surface area contributed by atoms with Gasteiger partial charge in [0.15, 0.2) is 0 Å². The molecule has 0 saturated heterocycles. The largest absolute Gasteiger partial charge is 0.310 e. The van der Waals surface area contributed by atoms with Gasteiger partial charge in [-0.1, -0.05) is 51.5 Å². The Bertz CT molecular complexity index is 218. The molecule has 0 aliphatic carbocycles. The van der Waals surface area contributed by atoms with Crippen molar-refractivity contribution >= 4 is 0 Å². The first-order valence-corrected chi connectivity index (χ1v) is 5.96. The van der Waals surface area contributed by atoms with E-state index in [0.717, 1.165) is 6.54 Å². The van der Waals surface area contributed by atoms with Gasteiger partial charge in [0.05, 0.1) is 0 Å². The van der Waals surface area contributed by atoms with E-state index < -0.39 is 0 Å². The first kappa shape index (κ1) is 14.4. The summed E-state index contributed by atoms with van der Waals surface area (Å²) in [6.07, 6.45) is 7.58. The molecule has 0 radical (unpaired) electrons. The molecule has 0 amide bonds. The molecule has 1 atom stereocenters. The van der Waals surface area contributed by atoms with Crippen LogP contribution >= 0.6 is 0 Å². The van der Waals surface area contributed by atoms with Gasteiger partial charge in [0.1, 0.15) is 0 Å². The number of hydrogen-bond donors (Lipinski definition) is 1. The lowest BCUT2D eigenvalue weighted by Crippen LogP contribution is -2.41. The average molecular weight is 209 g/mol. The molecule has 0 rings (SSSR count). The second-order valence-electron chi connectivity index (χ2n) is 5.19. The summed E-state index contributed by atoms with van der Waals surface area (Å²) in [6, 6.07) is 0.466. The van der Waals surface area contributed by atoms with E-state index in [1.807, 2.05) is 0 Å². The fourth-order valence-electron chi connectivity index (χ4n) is 1.78. The van der Waals surface area contributed by atoms with Crippen LogP contribution in [0.5, 0.6) is 0 Å². The molecule has 0 spiro atoms. The number of hydrogen-bond acceptors (Lipinski definition) is 1. The van der Waals surface area contributed by atoms with E-state index in [4.69, 9.17) is 0 Å². The van der Waals surface area contributed by atoms with Crippen molar-refractivity contribution in [1.29, 1.82) is 0 Å². The van der Waals surface area contributed by atoms with Crippen LogP contribution in [0.3, 0.4) is 0 Å². The van der Waals surface area contributed by atoms with Gasteiger partial charge in [-0.05, 0) is 32.2 Å². The van der Waals surface area contributed by atoms with E-state index in [0.29, 0.717) is 6.04 Å². The van der Waals surface area contributed by atoms with Gasteiger partial charge in [0, 0.05) is 6.04 Å². The van der Waals surface area contributed by atoms with E-state index in [1.54, 1.807) is 0 Å². The maximum Gasteiger partial charge on any atom is 0.0328 e. The zero-order valence-electron chi connectivity index (χ0n) is 11.2. The monoisotopic (exact) mass is 209 g/mol. The lowest BCUT2D eigenvalue weighted by molar-refractivity contribution is 0.302. The highest BCUT2D eigenvalue weighted by molar-refractivity contribution is 5.18. The van der Waals surface area contributed by atoms with E-state index in [2.05, 4.69) is 65.1 Å². The molecule has 0 bridgehead atoms. The zero-order chi connectivity index (χ0) is 11.9. The topological polar surface area (TPSA) is 12.0 Å². The van der Waals surface area contributed by atoms with Crippen LogP contribution in [0.1, 0.15) is 48.0 Å². The van der Waals surface area contributed by atoms with Crippen molar-refractivity contribution in [3.63, 3.8) is 0 Å². The van der Waals surface area contributed by atoms with E-state index in [-0.39, 0.29) is 5.41 Å².